The molecule has 0 aliphatic heterocycles. The van der Waals surface area contributed by atoms with Crippen LogP contribution in [0.4, 0.5) is 18.9 Å². The van der Waals surface area contributed by atoms with Crippen LogP contribution in [0.3, 0.4) is 0 Å². The van der Waals surface area contributed by atoms with Crippen LogP contribution in [0, 0.1) is 0 Å². The molecule has 0 unspecified atom stereocenters. The zero-order chi connectivity index (χ0) is 18.6. The molecule has 9 heteroatoms. The molecule has 1 amide bonds. The van der Waals surface area contributed by atoms with Crippen molar-refractivity contribution in [2.45, 2.75) is 11.9 Å². The minimum atomic E-state index is -4.39. The zero-order valence-electron chi connectivity index (χ0n) is 13.2. The molecule has 0 radical (unpaired) electrons. The molecule has 0 aliphatic carbocycles. The molecule has 0 bridgehead atoms. The van der Waals surface area contributed by atoms with E-state index in [4.69, 9.17) is 4.42 Å². The topological polar surface area (TPSA) is 55.1 Å². The van der Waals surface area contributed by atoms with Gasteiger partial charge in [0, 0.05) is 16.8 Å². The molecule has 0 atom stereocenters. The van der Waals surface area contributed by atoms with Crippen molar-refractivity contribution in [3.63, 3.8) is 0 Å². The summed E-state index contributed by atoms with van der Waals surface area (Å²) in [6.45, 7) is 0. The van der Waals surface area contributed by atoms with Gasteiger partial charge in [-0.2, -0.15) is 13.2 Å². The predicted octanol–water partition coefficient (Wildman–Crippen LogP) is 5.29. The van der Waals surface area contributed by atoms with Gasteiger partial charge in [0.15, 0.2) is 10.8 Å². The van der Waals surface area contributed by atoms with Gasteiger partial charge in [-0.15, -0.1) is 23.1 Å². The molecule has 26 heavy (non-hydrogen) atoms. The van der Waals surface area contributed by atoms with Crippen LogP contribution in [0.2, 0.25) is 0 Å². The normalized spacial score (nSPS) is 11.5. The highest BCUT2D eigenvalue weighted by atomic mass is 32.2. The van der Waals surface area contributed by atoms with Crippen molar-refractivity contribution in [2.75, 3.05) is 11.1 Å². The molecule has 3 rings (SSSR count). The molecule has 0 aliphatic rings. The van der Waals surface area contributed by atoms with Crippen LogP contribution in [-0.4, -0.2) is 16.6 Å². The highest BCUT2D eigenvalue weighted by molar-refractivity contribution is 7.99. The molecule has 0 fully saturated rings. The van der Waals surface area contributed by atoms with Crippen LogP contribution >= 0.6 is 23.1 Å². The number of carbonyl (C=O) groups is 1. The Morgan fingerprint density at radius 3 is 2.65 bits per heavy atom. The van der Waals surface area contributed by atoms with Gasteiger partial charge in [0.25, 0.3) is 0 Å². The molecule has 1 aromatic carbocycles. The summed E-state index contributed by atoms with van der Waals surface area (Å²) in [6, 6.07) is 7.97. The van der Waals surface area contributed by atoms with Gasteiger partial charge in [-0.3, -0.25) is 4.79 Å². The van der Waals surface area contributed by atoms with E-state index in [0.29, 0.717) is 17.2 Å². The van der Waals surface area contributed by atoms with Crippen LogP contribution in [-0.2, 0) is 16.7 Å². The number of amides is 1. The monoisotopic (exact) mass is 398 g/mol. The van der Waals surface area contributed by atoms with E-state index in [2.05, 4.69) is 10.3 Å². The third-order valence-electron chi connectivity index (χ3n) is 3.26. The Morgan fingerprint density at radius 1 is 1.23 bits per heavy atom. The second kappa shape index (κ2) is 7.96. The second-order valence-electron chi connectivity index (χ2n) is 5.24. The van der Waals surface area contributed by atoms with Crippen LogP contribution in [0.1, 0.15) is 11.3 Å². The van der Waals surface area contributed by atoms with Gasteiger partial charge in [0.1, 0.15) is 0 Å². The summed E-state index contributed by atoms with van der Waals surface area (Å²) in [5.74, 6) is 1.15. The molecule has 0 saturated carbocycles. The zero-order valence-corrected chi connectivity index (χ0v) is 14.9. The number of hydrogen-bond acceptors (Lipinski definition) is 5. The molecule has 2 heterocycles. The standard InChI is InChI=1S/C17H13F3N2O2S2/c18-17(19,20)11-3-5-12(6-4-11)21-15(23)10-25-8-13-9-26-16(22-13)14-2-1-7-24-14/h1-7,9H,8,10H2,(H,21,23). The molecule has 136 valence electrons. The Labute approximate surface area is 155 Å². The third-order valence-corrected chi connectivity index (χ3v) is 5.13. The summed E-state index contributed by atoms with van der Waals surface area (Å²) >= 11 is 2.83. The van der Waals surface area contributed by atoms with Gasteiger partial charge in [-0.1, -0.05) is 0 Å². The van der Waals surface area contributed by atoms with Gasteiger partial charge in [0.2, 0.25) is 5.91 Å². The van der Waals surface area contributed by atoms with Crippen molar-refractivity contribution < 1.29 is 22.4 Å². The fourth-order valence-electron chi connectivity index (χ4n) is 2.07. The van der Waals surface area contributed by atoms with E-state index in [-0.39, 0.29) is 11.7 Å². The largest absolute Gasteiger partial charge is 0.462 e. The smallest absolute Gasteiger partial charge is 0.416 e. The number of thiazole rings is 1. The molecule has 1 N–H and O–H groups in total. The fraction of sp³-hybridized carbons (Fsp3) is 0.176. The number of anilines is 1. The van der Waals surface area contributed by atoms with Crippen molar-refractivity contribution in [1.29, 1.82) is 0 Å². The average molecular weight is 398 g/mol. The number of nitrogens with one attached hydrogen (secondary N) is 1. The highest BCUT2D eigenvalue weighted by Crippen LogP contribution is 2.30. The quantitative estimate of drug-likeness (QED) is 0.613. The maximum Gasteiger partial charge on any atom is 0.416 e. The van der Waals surface area contributed by atoms with E-state index in [9.17, 15) is 18.0 Å². The van der Waals surface area contributed by atoms with Gasteiger partial charge in [-0.05, 0) is 36.4 Å². The van der Waals surface area contributed by atoms with Crippen LogP contribution in [0.15, 0.2) is 52.5 Å². The molecular weight excluding hydrogens is 385 g/mol. The van der Waals surface area contributed by atoms with Crippen molar-refractivity contribution >= 4 is 34.7 Å². The number of alkyl halides is 3. The van der Waals surface area contributed by atoms with Crippen LogP contribution in [0.25, 0.3) is 10.8 Å². The first kappa shape index (κ1) is 18.5. The Balaban J connectivity index is 1.46. The van der Waals surface area contributed by atoms with Crippen molar-refractivity contribution in [3.8, 4) is 10.8 Å². The number of thioether (sulfide) groups is 1. The van der Waals surface area contributed by atoms with E-state index < -0.39 is 11.7 Å². The molecular formula is C17H13F3N2O2S2. The number of rotatable bonds is 6. The van der Waals surface area contributed by atoms with Crippen LogP contribution < -0.4 is 5.32 Å². The Bertz CT molecular complexity index is 859. The van der Waals surface area contributed by atoms with E-state index >= 15 is 0 Å². The summed E-state index contributed by atoms with van der Waals surface area (Å²) < 4.78 is 42.8. The van der Waals surface area contributed by atoms with Crippen molar-refractivity contribution in [2.24, 2.45) is 0 Å². The highest BCUT2D eigenvalue weighted by Gasteiger charge is 2.29. The summed E-state index contributed by atoms with van der Waals surface area (Å²) in [6.07, 6.45) is -2.81. The fourth-order valence-corrected chi connectivity index (χ4v) is 3.68. The predicted molar refractivity (Wildman–Crippen MR) is 96.1 cm³/mol. The van der Waals surface area contributed by atoms with E-state index in [1.54, 1.807) is 12.3 Å². The van der Waals surface area contributed by atoms with E-state index in [1.807, 2.05) is 11.4 Å². The number of furan rings is 1. The SMILES string of the molecule is O=C(CSCc1csc(-c2ccco2)n1)Nc1ccc(C(F)(F)F)cc1. The minimum Gasteiger partial charge on any atom is -0.462 e. The molecule has 2 aromatic heterocycles. The molecule has 3 aromatic rings. The Morgan fingerprint density at radius 2 is 2.00 bits per heavy atom. The first-order chi connectivity index (χ1) is 12.4. The van der Waals surface area contributed by atoms with Crippen molar-refractivity contribution in [1.82, 2.24) is 4.98 Å². The van der Waals surface area contributed by atoms with Gasteiger partial charge in [-0.25, -0.2) is 4.98 Å². The lowest BCUT2D eigenvalue weighted by Crippen LogP contribution is -2.14. The number of nitrogens with zero attached hydrogens (tertiary/aromatic N) is 1. The minimum absolute atomic E-state index is 0.175. The summed E-state index contributed by atoms with van der Waals surface area (Å²) in [4.78, 5) is 16.3. The average Bonchev–Trinajstić information content (AvgIpc) is 3.26. The lowest BCUT2D eigenvalue weighted by Gasteiger charge is -2.08. The van der Waals surface area contributed by atoms with Crippen molar-refractivity contribution in [3.05, 3.63) is 59.3 Å². The number of hydrogen-bond donors (Lipinski definition) is 1. The maximum absolute atomic E-state index is 12.5. The summed E-state index contributed by atoms with van der Waals surface area (Å²) in [5.41, 5.74) is 0.423. The number of aromatic nitrogens is 1. The van der Waals surface area contributed by atoms with E-state index in [1.165, 1.54) is 35.2 Å². The third kappa shape index (κ3) is 4.89. The van der Waals surface area contributed by atoms with Crippen LogP contribution in [0.5, 0.6) is 0 Å². The lowest BCUT2D eigenvalue weighted by atomic mass is 10.2. The number of carbonyl (C=O) groups excluding carboxylic acids is 1. The van der Waals surface area contributed by atoms with Gasteiger partial charge >= 0.3 is 6.18 Å². The van der Waals surface area contributed by atoms with Gasteiger partial charge in [0.05, 0.1) is 23.3 Å². The Hall–Kier alpha value is -2.26. The second-order valence-corrected chi connectivity index (χ2v) is 7.08. The Kier molecular flexibility index (Phi) is 5.67. The molecule has 4 nitrogen and oxygen atoms in total. The first-order valence-electron chi connectivity index (χ1n) is 7.45. The number of benzene rings is 1. The maximum atomic E-state index is 12.5. The summed E-state index contributed by atoms with van der Waals surface area (Å²) in [7, 11) is 0. The summed E-state index contributed by atoms with van der Waals surface area (Å²) in [5, 5.41) is 5.25. The first-order valence-corrected chi connectivity index (χ1v) is 9.48. The molecule has 0 spiro atoms. The number of halogens is 3. The lowest BCUT2D eigenvalue weighted by molar-refractivity contribution is -0.137. The molecule has 0 saturated heterocycles. The van der Waals surface area contributed by atoms with E-state index in [0.717, 1.165) is 22.8 Å². The van der Waals surface area contributed by atoms with Gasteiger partial charge < -0.3 is 9.73 Å².